The molecule has 0 bridgehead atoms. The summed E-state index contributed by atoms with van der Waals surface area (Å²) in [6, 6.07) is 5.97. The minimum Gasteiger partial charge on any atom is -0.455 e. The van der Waals surface area contributed by atoms with Crippen molar-refractivity contribution in [1.82, 2.24) is 0 Å². The molecule has 130 valence electrons. The predicted octanol–water partition coefficient (Wildman–Crippen LogP) is 4.31. The van der Waals surface area contributed by atoms with Gasteiger partial charge in [-0.1, -0.05) is 18.2 Å². The molecule has 0 amide bonds. The standard InChI is InChI=1S/C12H7F9O2/c13-9(14,10(15,16)11(17,18)12(19,20)21)6-23-8(22)7-4-2-1-3-5-7/h1-5H,6H2. The number of hydrogen-bond donors (Lipinski definition) is 0. The Morgan fingerprint density at radius 3 is 1.74 bits per heavy atom. The van der Waals surface area contributed by atoms with Crippen LogP contribution in [0, 0.1) is 0 Å². The molecular formula is C12H7F9O2. The topological polar surface area (TPSA) is 26.3 Å². The summed E-state index contributed by atoms with van der Waals surface area (Å²) in [5, 5.41) is 0. The summed E-state index contributed by atoms with van der Waals surface area (Å²) in [6.45, 7) is -2.65. The van der Waals surface area contributed by atoms with Gasteiger partial charge in [-0.05, 0) is 12.1 Å². The Balaban J connectivity index is 2.92. The molecule has 0 N–H and O–H groups in total. The van der Waals surface area contributed by atoms with Crippen molar-refractivity contribution >= 4 is 5.97 Å². The summed E-state index contributed by atoms with van der Waals surface area (Å²) in [7, 11) is 0. The second kappa shape index (κ2) is 5.93. The van der Waals surface area contributed by atoms with Crippen LogP contribution in [0.2, 0.25) is 0 Å². The summed E-state index contributed by atoms with van der Waals surface area (Å²) >= 11 is 0. The molecule has 0 aromatic heterocycles. The number of hydrogen-bond acceptors (Lipinski definition) is 2. The van der Waals surface area contributed by atoms with E-state index in [4.69, 9.17) is 0 Å². The molecule has 23 heavy (non-hydrogen) atoms. The molecule has 1 aromatic rings. The zero-order valence-electron chi connectivity index (χ0n) is 10.8. The normalized spacial score (nSPS) is 13.8. The second-order valence-electron chi connectivity index (χ2n) is 4.29. The minimum absolute atomic E-state index is 0.380. The van der Waals surface area contributed by atoms with Gasteiger partial charge in [-0.25, -0.2) is 4.79 Å². The smallest absolute Gasteiger partial charge is 0.455 e. The first kappa shape index (κ1) is 19.1. The Kier molecular flexibility index (Phi) is 4.93. The number of halogens is 9. The predicted molar refractivity (Wildman–Crippen MR) is 57.6 cm³/mol. The molecule has 0 saturated carbocycles. The minimum atomic E-state index is -7.01. The van der Waals surface area contributed by atoms with Gasteiger partial charge in [0.15, 0.2) is 6.61 Å². The fourth-order valence-corrected chi connectivity index (χ4v) is 1.31. The van der Waals surface area contributed by atoms with Gasteiger partial charge in [-0.3, -0.25) is 0 Å². The molecule has 0 atom stereocenters. The van der Waals surface area contributed by atoms with Gasteiger partial charge in [-0.15, -0.1) is 0 Å². The van der Waals surface area contributed by atoms with Crippen molar-refractivity contribution in [3.05, 3.63) is 35.9 Å². The summed E-state index contributed by atoms with van der Waals surface area (Å²) in [4.78, 5) is 11.3. The quantitative estimate of drug-likeness (QED) is 0.582. The first-order chi connectivity index (χ1) is 10.2. The summed E-state index contributed by atoms with van der Waals surface area (Å²) in [5.74, 6) is -21.4. The number of rotatable bonds is 5. The third kappa shape index (κ3) is 3.53. The maximum absolute atomic E-state index is 13.1. The fraction of sp³-hybridized carbons (Fsp3) is 0.417. The molecule has 0 aliphatic carbocycles. The molecule has 0 aliphatic heterocycles. The molecule has 2 nitrogen and oxygen atoms in total. The van der Waals surface area contributed by atoms with Gasteiger partial charge in [0, 0.05) is 0 Å². The summed E-state index contributed by atoms with van der Waals surface area (Å²) in [5.41, 5.74) is -0.380. The third-order valence-corrected chi connectivity index (χ3v) is 2.60. The van der Waals surface area contributed by atoms with E-state index in [9.17, 15) is 44.3 Å². The van der Waals surface area contributed by atoms with E-state index in [0.717, 1.165) is 12.1 Å². The highest BCUT2D eigenvalue weighted by atomic mass is 19.4. The molecule has 0 fully saturated rings. The van der Waals surface area contributed by atoms with E-state index < -0.39 is 36.5 Å². The Morgan fingerprint density at radius 1 is 0.826 bits per heavy atom. The average Bonchev–Trinajstić information content (AvgIpc) is 2.44. The Bertz CT molecular complexity index is 551. The SMILES string of the molecule is O=C(OCC(F)(F)C(F)(F)C(F)(F)C(F)(F)F)c1ccccc1. The van der Waals surface area contributed by atoms with Crippen molar-refractivity contribution in [1.29, 1.82) is 0 Å². The number of benzene rings is 1. The van der Waals surface area contributed by atoms with Crippen LogP contribution in [0.1, 0.15) is 10.4 Å². The Morgan fingerprint density at radius 2 is 1.30 bits per heavy atom. The van der Waals surface area contributed by atoms with Gasteiger partial charge in [-0.2, -0.15) is 39.5 Å². The summed E-state index contributed by atoms with van der Waals surface area (Å²) in [6.07, 6.45) is -6.91. The monoisotopic (exact) mass is 354 g/mol. The number of carbonyl (C=O) groups is 1. The highest BCUT2D eigenvalue weighted by Gasteiger charge is 2.81. The fourth-order valence-electron chi connectivity index (χ4n) is 1.31. The molecule has 0 radical (unpaired) electrons. The van der Waals surface area contributed by atoms with Gasteiger partial charge < -0.3 is 4.74 Å². The van der Waals surface area contributed by atoms with E-state index in [1.54, 1.807) is 0 Å². The van der Waals surface area contributed by atoms with Crippen molar-refractivity contribution in [2.45, 2.75) is 23.9 Å². The number of alkyl halides is 9. The van der Waals surface area contributed by atoms with Gasteiger partial charge in [0.1, 0.15) is 0 Å². The van der Waals surface area contributed by atoms with E-state index >= 15 is 0 Å². The van der Waals surface area contributed by atoms with Crippen LogP contribution in [0.3, 0.4) is 0 Å². The van der Waals surface area contributed by atoms with E-state index in [1.165, 1.54) is 18.2 Å². The molecular weight excluding hydrogens is 347 g/mol. The number of ether oxygens (including phenoxy) is 1. The van der Waals surface area contributed by atoms with Crippen LogP contribution in [0.15, 0.2) is 30.3 Å². The summed E-state index contributed by atoms with van der Waals surface area (Å²) < 4.78 is 116. The van der Waals surface area contributed by atoms with Crippen LogP contribution >= 0.6 is 0 Å². The van der Waals surface area contributed by atoms with Gasteiger partial charge in [0.05, 0.1) is 5.56 Å². The molecule has 0 spiro atoms. The van der Waals surface area contributed by atoms with Crippen molar-refractivity contribution in [2.75, 3.05) is 6.61 Å². The highest BCUT2D eigenvalue weighted by Crippen LogP contribution is 2.53. The lowest BCUT2D eigenvalue weighted by Gasteiger charge is -2.33. The molecule has 1 rings (SSSR count). The Hall–Kier alpha value is -1.94. The average molecular weight is 354 g/mol. The lowest BCUT2D eigenvalue weighted by atomic mass is 10.0. The lowest BCUT2D eigenvalue weighted by molar-refractivity contribution is -0.398. The zero-order valence-corrected chi connectivity index (χ0v) is 10.8. The molecule has 1 aromatic carbocycles. The first-order valence-electron chi connectivity index (χ1n) is 5.66. The van der Waals surface area contributed by atoms with E-state index in [2.05, 4.69) is 4.74 Å². The van der Waals surface area contributed by atoms with Crippen LogP contribution in [-0.4, -0.2) is 36.5 Å². The maximum atomic E-state index is 13.1. The third-order valence-electron chi connectivity index (χ3n) is 2.60. The first-order valence-corrected chi connectivity index (χ1v) is 5.66. The van der Waals surface area contributed by atoms with Crippen LogP contribution in [0.25, 0.3) is 0 Å². The van der Waals surface area contributed by atoms with Gasteiger partial charge in [0.2, 0.25) is 0 Å². The van der Waals surface area contributed by atoms with Crippen molar-refractivity contribution in [3.8, 4) is 0 Å². The second-order valence-corrected chi connectivity index (χ2v) is 4.29. The molecule has 0 aliphatic rings. The lowest BCUT2D eigenvalue weighted by Crippen LogP contribution is -2.62. The zero-order chi connectivity index (χ0) is 18.1. The molecule has 0 heterocycles. The molecule has 0 saturated heterocycles. The largest absolute Gasteiger partial charge is 0.460 e. The van der Waals surface area contributed by atoms with Crippen LogP contribution in [-0.2, 0) is 4.74 Å². The highest BCUT2D eigenvalue weighted by molar-refractivity contribution is 5.89. The molecule has 0 unspecified atom stereocenters. The van der Waals surface area contributed by atoms with Crippen LogP contribution < -0.4 is 0 Å². The van der Waals surface area contributed by atoms with Crippen molar-refractivity contribution < 1.29 is 49.0 Å². The molecule has 11 heteroatoms. The number of carbonyl (C=O) groups excluding carboxylic acids is 1. The van der Waals surface area contributed by atoms with Crippen molar-refractivity contribution in [3.63, 3.8) is 0 Å². The van der Waals surface area contributed by atoms with Crippen LogP contribution in [0.5, 0.6) is 0 Å². The van der Waals surface area contributed by atoms with Crippen LogP contribution in [0.4, 0.5) is 39.5 Å². The number of esters is 1. The van der Waals surface area contributed by atoms with E-state index in [-0.39, 0.29) is 5.56 Å². The van der Waals surface area contributed by atoms with Gasteiger partial charge in [0.25, 0.3) is 0 Å². The van der Waals surface area contributed by atoms with E-state index in [1.807, 2.05) is 0 Å². The Labute approximate surface area is 122 Å². The van der Waals surface area contributed by atoms with E-state index in [0.29, 0.717) is 0 Å². The van der Waals surface area contributed by atoms with Gasteiger partial charge >= 0.3 is 29.9 Å². The maximum Gasteiger partial charge on any atom is 0.460 e. The van der Waals surface area contributed by atoms with Crippen molar-refractivity contribution in [2.24, 2.45) is 0 Å².